The van der Waals surface area contributed by atoms with Crippen LogP contribution in [0.15, 0.2) is 54.6 Å². The monoisotopic (exact) mass is 439 g/mol. The Bertz CT molecular complexity index is 888. The minimum atomic E-state index is -1.82. The lowest BCUT2D eigenvalue weighted by molar-refractivity contribution is -0.159. The van der Waals surface area contributed by atoms with Gasteiger partial charge in [-0.25, -0.2) is 9.59 Å². The van der Waals surface area contributed by atoms with Gasteiger partial charge in [-0.1, -0.05) is 55.0 Å². The third-order valence-corrected chi connectivity index (χ3v) is 6.53. The van der Waals surface area contributed by atoms with Crippen LogP contribution in [0.4, 0.5) is 0 Å². The third kappa shape index (κ3) is 6.10. The molecule has 1 fully saturated rings. The second-order valence-corrected chi connectivity index (χ2v) is 8.76. The van der Waals surface area contributed by atoms with Crippen LogP contribution in [0.1, 0.15) is 55.6 Å². The number of fused-ring (bicyclic) bond motifs is 3. The van der Waals surface area contributed by atoms with E-state index in [1.165, 1.54) is 49.7 Å². The Balaban J connectivity index is 0.000000427. The smallest absolute Gasteiger partial charge is 0.414 e. The summed E-state index contributed by atoms with van der Waals surface area (Å²) in [6.07, 6.45) is 8.69. The largest absolute Gasteiger partial charge is 0.486 e. The maximum atomic E-state index is 9.10. The summed E-state index contributed by atoms with van der Waals surface area (Å²) in [6, 6.07) is 19.6. The van der Waals surface area contributed by atoms with Crippen LogP contribution in [0.2, 0.25) is 0 Å². The Hall–Kier alpha value is -2.86. The number of hydrogen-bond acceptors (Lipinski definition) is 4. The van der Waals surface area contributed by atoms with Crippen molar-refractivity contribution >= 4 is 11.9 Å². The van der Waals surface area contributed by atoms with Gasteiger partial charge in [0, 0.05) is 24.4 Å². The van der Waals surface area contributed by atoms with Crippen LogP contribution in [-0.4, -0.2) is 52.8 Å². The summed E-state index contributed by atoms with van der Waals surface area (Å²) in [6.45, 7) is 2.28. The maximum absolute atomic E-state index is 9.10. The highest BCUT2D eigenvalue weighted by molar-refractivity contribution is 6.27. The van der Waals surface area contributed by atoms with E-state index in [0.717, 1.165) is 25.3 Å². The second kappa shape index (κ2) is 11.1. The first-order valence-corrected chi connectivity index (χ1v) is 11.4. The molecule has 2 aromatic rings. The molecule has 2 N–H and O–H groups in total. The number of benzene rings is 2. The van der Waals surface area contributed by atoms with E-state index in [1.807, 2.05) is 0 Å². The van der Waals surface area contributed by atoms with Gasteiger partial charge >= 0.3 is 11.9 Å². The van der Waals surface area contributed by atoms with Crippen LogP contribution in [0.5, 0.6) is 5.75 Å². The van der Waals surface area contributed by atoms with Crippen molar-refractivity contribution in [3.8, 4) is 5.75 Å². The average molecular weight is 440 g/mol. The molecule has 1 aliphatic carbocycles. The SMILES string of the molecule is CN(CCCc1ccccc1)CC[C@@]12CCCC[C@@H]1c1ccccc1O2.O=C(O)C(=O)O. The summed E-state index contributed by atoms with van der Waals surface area (Å²) in [5.41, 5.74) is 2.95. The number of para-hydroxylation sites is 1. The zero-order chi connectivity index (χ0) is 23.0. The Morgan fingerprint density at radius 3 is 2.41 bits per heavy atom. The number of carboxylic acids is 2. The molecule has 1 heterocycles. The van der Waals surface area contributed by atoms with Gasteiger partial charge in [0.05, 0.1) is 0 Å². The summed E-state index contributed by atoms with van der Waals surface area (Å²) in [4.78, 5) is 20.7. The van der Waals surface area contributed by atoms with Gasteiger partial charge in [0.1, 0.15) is 11.4 Å². The van der Waals surface area contributed by atoms with Crippen molar-refractivity contribution in [1.82, 2.24) is 4.90 Å². The first kappa shape index (κ1) is 23.8. The molecule has 172 valence electrons. The van der Waals surface area contributed by atoms with Crippen molar-refractivity contribution in [3.63, 3.8) is 0 Å². The van der Waals surface area contributed by atoms with E-state index in [0.29, 0.717) is 5.92 Å². The molecule has 4 rings (SSSR count). The number of aryl methyl sites for hydroxylation is 1. The van der Waals surface area contributed by atoms with Gasteiger partial charge in [0.15, 0.2) is 0 Å². The number of hydrogen-bond donors (Lipinski definition) is 2. The highest BCUT2D eigenvalue weighted by Gasteiger charge is 2.48. The Kier molecular flexibility index (Phi) is 8.28. The molecule has 1 aliphatic heterocycles. The molecule has 6 heteroatoms. The number of carboxylic acid groups (broad SMARTS) is 2. The zero-order valence-corrected chi connectivity index (χ0v) is 18.7. The average Bonchev–Trinajstić information content (AvgIpc) is 3.13. The fourth-order valence-corrected chi connectivity index (χ4v) is 4.89. The Morgan fingerprint density at radius 1 is 1.00 bits per heavy atom. The van der Waals surface area contributed by atoms with Crippen molar-refractivity contribution < 1.29 is 24.5 Å². The molecule has 32 heavy (non-hydrogen) atoms. The first-order chi connectivity index (χ1) is 15.4. The van der Waals surface area contributed by atoms with Gasteiger partial charge < -0.3 is 19.8 Å². The normalized spacial score (nSPS) is 21.0. The fourth-order valence-electron chi connectivity index (χ4n) is 4.89. The molecule has 1 saturated carbocycles. The summed E-state index contributed by atoms with van der Waals surface area (Å²) >= 11 is 0. The number of ether oxygens (including phenoxy) is 1. The van der Waals surface area contributed by atoms with E-state index in [2.05, 4.69) is 66.5 Å². The molecular formula is C26H33NO5. The van der Waals surface area contributed by atoms with E-state index in [-0.39, 0.29) is 5.60 Å². The lowest BCUT2D eigenvalue weighted by Crippen LogP contribution is -2.43. The molecule has 0 aromatic heterocycles. The van der Waals surface area contributed by atoms with Crippen LogP contribution in [0, 0.1) is 0 Å². The number of nitrogens with zero attached hydrogens (tertiary/aromatic N) is 1. The molecule has 6 nitrogen and oxygen atoms in total. The minimum absolute atomic E-state index is 0.0512. The lowest BCUT2D eigenvalue weighted by Gasteiger charge is -2.39. The molecule has 0 saturated heterocycles. The van der Waals surface area contributed by atoms with Gasteiger partial charge in [0.2, 0.25) is 0 Å². The maximum Gasteiger partial charge on any atom is 0.414 e. The van der Waals surface area contributed by atoms with Gasteiger partial charge in [-0.3, -0.25) is 0 Å². The van der Waals surface area contributed by atoms with E-state index in [9.17, 15) is 0 Å². The molecule has 2 aliphatic rings. The molecule has 2 atom stereocenters. The predicted octanol–water partition coefficient (Wildman–Crippen LogP) is 4.59. The van der Waals surface area contributed by atoms with E-state index in [4.69, 9.17) is 24.5 Å². The summed E-state index contributed by atoms with van der Waals surface area (Å²) in [5, 5.41) is 14.8. The fraction of sp³-hybridized carbons (Fsp3) is 0.462. The van der Waals surface area contributed by atoms with Gasteiger partial charge in [0.25, 0.3) is 0 Å². The molecule has 2 aromatic carbocycles. The lowest BCUT2D eigenvalue weighted by atomic mass is 9.72. The topological polar surface area (TPSA) is 87.1 Å². The van der Waals surface area contributed by atoms with E-state index >= 15 is 0 Å². The second-order valence-electron chi connectivity index (χ2n) is 8.76. The summed E-state index contributed by atoms with van der Waals surface area (Å²) in [7, 11) is 2.27. The van der Waals surface area contributed by atoms with Gasteiger partial charge in [-0.05, 0) is 57.3 Å². The molecule has 0 bridgehead atoms. The molecule has 0 radical (unpaired) electrons. The van der Waals surface area contributed by atoms with Crippen LogP contribution < -0.4 is 4.74 Å². The van der Waals surface area contributed by atoms with Crippen LogP contribution in [-0.2, 0) is 16.0 Å². The number of rotatable bonds is 7. The highest BCUT2D eigenvalue weighted by Crippen LogP contribution is 2.53. The molecular weight excluding hydrogens is 406 g/mol. The standard InChI is InChI=1S/C24H31NO.C2H2O4/c1-25(18-9-12-20-10-3-2-4-11-20)19-17-24-16-8-7-14-22(24)21-13-5-6-15-23(21)26-24;3-1(4)2(5)6/h2-6,10-11,13,15,22H,7-9,12,14,16-19H2,1H3;(H,3,4)(H,5,6)/t22-,24+;/m1./s1. The van der Waals surface area contributed by atoms with Crippen molar-refractivity contribution in [2.45, 2.75) is 56.5 Å². The Labute approximate surface area is 189 Å². The highest BCUT2D eigenvalue weighted by atomic mass is 16.5. The predicted molar refractivity (Wildman–Crippen MR) is 123 cm³/mol. The number of carbonyl (C=O) groups is 2. The third-order valence-electron chi connectivity index (χ3n) is 6.53. The molecule has 0 spiro atoms. The summed E-state index contributed by atoms with van der Waals surface area (Å²) < 4.78 is 6.60. The van der Waals surface area contributed by atoms with Crippen molar-refractivity contribution in [3.05, 3.63) is 65.7 Å². The van der Waals surface area contributed by atoms with Crippen LogP contribution in [0.25, 0.3) is 0 Å². The van der Waals surface area contributed by atoms with E-state index < -0.39 is 11.9 Å². The van der Waals surface area contributed by atoms with E-state index in [1.54, 1.807) is 0 Å². The van der Waals surface area contributed by atoms with Gasteiger partial charge in [-0.15, -0.1) is 0 Å². The number of aliphatic carboxylic acids is 2. The van der Waals surface area contributed by atoms with Crippen molar-refractivity contribution in [2.24, 2.45) is 0 Å². The molecule has 0 unspecified atom stereocenters. The molecule has 0 amide bonds. The van der Waals surface area contributed by atoms with Gasteiger partial charge in [-0.2, -0.15) is 0 Å². The van der Waals surface area contributed by atoms with Crippen molar-refractivity contribution in [1.29, 1.82) is 0 Å². The van der Waals surface area contributed by atoms with Crippen molar-refractivity contribution in [2.75, 3.05) is 20.1 Å². The van der Waals surface area contributed by atoms with Crippen LogP contribution >= 0.6 is 0 Å². The quantitative estimate of drug-likeness (QED) is 0.614. The zero-order valence-electron chi connectivity index (χ0n) is 18.7. The Morgan fingerprint density at radius 2 is 1.69 bits per heavy atom. The van der Waals surface area contributed by atoms with Crippen LogP contribution in [0.3, 0.4) is 0 Å². The first-order valence-electron chi connectivity index (χ1n) is 11.4. The summed E-state index contributed by atoms with van der Waals surface area (Å²) in [5.74, 6) is -1.90. The minimum Gasteiger partial charge on any atom is -0.486 e.